The summed E-state index contributed by atoms with van der Waals surface area (Å²) in [5.74, 6) is -0.289. The van der Waals surface area contributed by atoms with Crippen molar-refractivity contribution in [3.8, 4) is 0 Å². The Labute approximate surface area is 99.4 Å². The molecule has 0 fully saturated rings. The maximum atomic E-state index is 11.6. The minimum Gasteiger partial charge on any atom is -0.462 e. The molecule has 2 rings (SSSR count). The number of aliphatic imine (C=N–C) groups is 1. The molecule has 3 heteroatoms. The van der Waals surface area contributed by atoms with Gasteiger partial charge in [-0.3, -0.25) is 4.99 Å². The van der Waals surface area contributed by atoms with Crippen molar-refractivity contribution in [2.24, 2.45) is 4.99 Å². The fourth-order valence-corrected chi connectivity index (χ4v) is 1.58. The molecule has 1 aromatic rings. The van der Waals surface area contributed by atoms with Gasteiger partial charge in [0.15, 0.2) is 0 Å². The summed E-state index contributed by atoms with van der Waals surface area (Å²) in [6.45, 7) is 2.18. The predicted molar refractivity (Wildman–Crippen MR) is 68.2 cm³/mol. The Morgan fingerprint density at radius 2 is 2.18 bits per heavy atom. The summed E-state index contributed by atoms with van der Waals surface area (Å²) >= 11 is 0. The molecular weight excluding hydrogens is 214 g/mol. The fraction of sp³-hybridized carbons (Fsp3) is 0.143. The number of hydrogen-bond donors (Lipinski definition) is 0. The molecule has 0 atom stereocenters. The van der Waals surface area contributed by atoms with Crippen LogP contribution >= 0.6 is 0 Å². The Morgan fingerprint density at radius 1 is 1.29 bits per heavy atom. The van der Waals surface area contributed by atoms with Crippen molar-refractivity contribution in [1.82, 2.24) is 0 Å². The smallest absolute Gasteiger partial charge is 0.338 e. The van der Waals surface area contributed by atoms with Crippen LogP contribution in [0.3, 0.4) is 0 Å². The number of hydrogen-bond acceptors (Lipinski definition) is 3. The molecular formula is C14H13NO2. The predicted octanol–water partition coefficient (Wildman–Crippen LogP) is 1.02. The maximum absolute atomic E-state index is 11.6. The van der Waals surface area contributed by atoms with E-state index in [1.54, 1.807) is 25.4 Å². The zero-order valence-electron chi connectivity index (χ0n) is 9.59. The number of nitrogens with zero attached hydrogens (tertiary/aromatic N) is 1. The molecule has 3 nitrogen and oxygen atoms in total. The van der Waals surface area contributed by atoms with Crippen molar-refractivity contribution >= 4 is 24.3 Å². The topological polar surface area (TPSA) is 38.7 Å². The molecule has 17 heavy (non-hydrogen) atoms. The second kappa shape index (κ2) is 5.25. The van der Waals surface area contributed by atoms with Gasteiger partial charge in [-0.15, -0.1) is 0 Å². The van der Waals surface area contributed by atoms with E-state index in [2.05, 4.69) is 4.99 Å². The van der Waals surface area contributed by atoms with Crippen LogP contribution in [0.2, 0.25) is 0 Å². The summed E-state index contributed by atoms with van der Waals surface area (Å²) in [6, 6.07) is 5.48. The summed E-state index contributed by atoms with van der Waals surface area (Å²) in [5.41, 5.74) is 0.571. The lowest BCUT2D eigenvalue weighted by molar-refractivity contribution is 0.0526. The summed E-state index contributed by atoms with van der Waals surface area (Å²) in [6.07, 6.45) is 9.11. The fourth-order valence-electron chi connectivity index (χ4n) is 1.58. The van der Waals surface area contributed by atoms with Gasteiger partial charge in [0.1, 0.15) is 0 Å². The van der Waals surface area contributed by atoms with Crippen LogP contribution in [0, 0.1) is 0 Å². The Hall–Kier alpha value is -2.16. The average molecular weight is 227 g/mol. The standard InChI is InChI=1S/C14H13NO2/c1-2-17-14(16)13-6-5-11-7-9-15-8-3-4-12(11)10-13/h3-10H,2H2,1H3/b4-3?,8-3-,9-7?,11-7-,12-4-,15-8?,15-9-. The van der Waals surface area contributed by atoms with Gasteiger partial charge in [-0.2, -0.15) is 0 Å². The van der Waals surface area contributed by atoms with Gasteiger partial charge in [0, 0.05) is 12.4 Å². The maximum Gasteiger partial charge on any atom is 0.338 e. The van der Waals surface area contributed by atoms with E-state index in [9.17, 15) is 4.79 Å². The lowest BCUT2D eigenvalue weighted by Gasteiger charge is -2.01. The van der Waals surface area contributed by atoms with Crippen LogP contribution < -0.4 is 10.4 Å². The first kappa shape index (κ1) is 11.3. The first-order valence-corrected chi connectivity index (χ1v) is 5.49. The van der Waals surface area contributed by atoms with Gasteiger partial charge < -0.3 is 4.74 Å². The molecule has 1 aliphatic rings. The summed E-state index contributed by atoms with van der Waals surface area (Å²) in [7, 11) is 0. The summed E-state index contributed by atoms with van der Waals surface area (Å²) in [4.78, 5) is 15.6. The van der Waals surface area contributed by atoms with Gasteiger partial charge in [-0.1, -0.05) is 12.1 Å². The molecule has 0 saturated carbocycles. The van der Waals surface area contributed by atoms with Crippen LogP contribution in [0.25, 0.3) is 12.2 Å². The highest BCUT2D eigenvalue weighted by Crippen LogP contribution is 1.96. The van der Waals surface area contributed by atoms with E-state index in [-0.39, 0.29) is 5.97 Å². The average Bonchev–Trinajstić information content (AvgIpc) is 2.30. The molecule has 0 spiro atoms. The van der Waals surface area contributed by atoms with E-state index in [1.807, 2.05) is 30.4 Å². The molecule has 0 aliphatic carbocycles. The van der Waals surface area contributed by atoms with Crippen LogP contribution in [-0.2, 0) is 4.74 Å². The van der Waals surface area contributed by atoms with Crippen LogP contribution in [0.4, 0.5) is 0 Å². The Kier molecular flexibility index (Phi) is 3.50. The number of benzene rings is 1. The van der Waals surface area contributed by atoms with E-state index in [4.69, 9.17) is 4.74 Å². The van der Waals surface area contributed by atoms with Crippen LogP contribution in [0.15, 0.2) is 35.5 Å². The minimum atomic E-state index is -0.289. The van der Waals surface area contributed by atoms with Crippen molar-refractivity contribution in [2.75, 3.05) is 6.61 Å². The SMILES string of the molecule is CCOC(=O)c1ccc2/c(c1)=C\C=C/N=C\C=2. The molecule has 0 radical (unpaired) electrons. The van der Waals surface area contributed by atoms with E-state index >= 15 is 0 Å². The van der Waals surface area contributed by atoms with E-state index in [1.165, 1.54) is 0 Å². The van der Waals surface area contributed by atoms with Gasteiger partial charge >= 0.3 is 5.97 Å². The van der Waals surface area contributed by atoms with Crippen LogP contribution in [0.1, 0.15) is 17.3 Å². The number of esters is 1. The Balaban J connectivity index is 2.50. The van der Waals surface area contributed by atoms with Gasteiger partial charge in [-0.05, 0) is 41.6 Å². The highest BCUT2D eigenvalue weighted by Gasteiger charge is 2.05. The Bertz CT molecular complexity index is 597. The zero-order chi connectivity index (χ0) is 12.1. The Morgan fingerprint density at radius 3 is 3.00 bits per heavy atom. The van der Waals surface area contributed by atoms with Gasteiger partial charge in [-0.25, -0.2) is 4.79 Å². The van der Waals surface area contributed by atoms with Crippen molar-refractivity contribution in [2.45, 2.75) is 6.92 Å². The van der Waals surface area contributed by atoms with Crippen molar-refractivity contribution < 1.29 is 9.53 Å². The number of allylic oxidation sites excluding steroid dienone is 1. The zero-order valence-corrected chi connectivity index (χ0v) is 9.59. The van der Waals surface area contributed by atoms with Crippen LogP contribution in [0.5, 0.6) is 0 Å². The van der Waals surface area contributed by atoms with E-state index in [0.717, 1.165) is 10.4 Å². The second-order valence-corrected chi connectivity index (χ2v) is 3.54. The quantitative estimate of drug-likeness (QED) is 0.708. The van der Waals surface area contributed by atoms with E-state index < -0.39 is 0 Å². The van der Waals surface area contributed by atoms with Crippen molar-refractivity contribution in [1.29, 1.82) is 0 Å². The van der Waals surface area contributed by atoms with Crippen LogP contribution in [-0.4, -0.2) is 18.8 Å². The number of carbonyl (C=O) groups excluding carboxylic acids is 1. The van der Waals surface area contributed by atoms with Gasteiger partial charge in [0.2, 0.25) is 0 Å². The third kappa shape index (κ3) is 2.69. The number of fused-ring (bicyclic) bond motifs is 1. The first-order chi connectivity index (χ1) is 8.31. The highest BCUT2D eigenvalue weighted by molar-refractivity contribution is 5.92. The molecule has 0 saturated heterocycles. The lowest BCUT2D eigenvalue weighted by atomic mass is 10.1. The van der Waals surface area contributed by atoms with Gasteiger partial charge in [0.25, 0.3) is 0 Å². The third-order valence-electron chi connectivity index (χ3n) is 2.39. The molecule has 0 unspecified atom stereocenters. The molecule has 0 aromatic heterocycles. The lowest BCUT2D eigenvalue weighted by Crippen LogP contribution is -2.26. The van der Waals surface area contributed by atoms with E-state index in [0.29, 0.717) is 12.2 Å². The minimum absolute atomic E-state index is 0.289. The summed E-state index contributed by atoms with van der Waals surface area (Å²) in [5, 5.41) is 2.02. The number of rotatable bonds is 2. The first-order valence-electron chi connectivity index (χ1n) is 5.49. The summed E-state index contributed by atoms with van der Waals surface area (Å²) < 4.78 is 4.97. The third-order valence-corrected chi connectivity index (χ3v) is 2.39. The normalized spacial score (nSPS) is 20.5. The highest BCUT2D eigenvalue weighted by atomic mass is 16.5. The molecule has 0 bridgehead atoms. The molecule has 0 amide bonds. The van der Waals surface area contributed by atoms with Crippen molar-refractivity contribution in [3.05, 3.63) is 46.5 Å². The van der Waals surface area contributed by atoms with Gasteiger partial charge in [0.05, 0.1) is 12.2 Å². The molecule has 86 valence electrons. The largest absolute Gasteiger partial charge is 0.462 e. The molecule has 1 heterocycles. The number of carbonyl (C=O) groups is 1. The number of ether oxygens (including phenoxy) is 1. The second-order valence-electron chi connectivity index (χ2n) is 3.54. The monoisotopic (exact) mass is 227 g/mol. The van der Waals surface area contributed by atoms with Crippen molar-refractivity contribution in [3.63, 3.8) is 0 Å². The molecule has 0 N–H and O–H groups in total. The molecule has 1 aromatic carbocycles. The molecule has 1 aliphatic heterocycles.